The van der Waals surface area contributed by atoms with Gasteiger partial charge in [-0.2, -0.15) is 0 Å². The van der Waals surface area contributed by atoms with Crippen LogP contribution < -0.4 is 9.64 Å². The molecule has 5 nitrogen and oxygen atoms in total. The normalized spacial score (nSPS) is 15.5. The van der Waals surface area contributed by atoms with Gasteiger partial charge in [0.2, 0.25) is 0 Å². The first-order valence-electron chi connectivity index (χ1n) is 11.2. The maximum absolute atomic E-state index is 13.8. The van der Waals surface area contributed by atoms with Crippen molar-refractivity contribution in [3.63, 3.8) is 0 Å². The molecule has 0 atom stereocenters. The Morgan fingerprint density at radius 2 is 1.91 bits per heavy atom. The summed E-state index contributed by atoms with van der Waals surface area (Å²) >= 11 is 0. The maximum atomic E-state index is 13.8. The van der Waals surface area contributed by atoms with Gasteiger partial charge in [-0.05, 0) is 67.5 Å². The zero-order valence-corrected chi connectivity index (χ0v) is 18.5. The van der Waals surface area contributed by atoms with Crippen LogP contribution in [0.2, 0.25) is 0 Å². The third-order valence-electron chi connectivity index (χ3n) is 5.93. The molecule has 0 bridgehead atoms. The van der Waals surface area contributed by atoms with Gasteiger partial charge in [-0.15, -0.1) is 0 Å². The third kappa shape index (κ3) is 4.78. The molecular weight excluding hydrogens is 400 g/mol. The Balaban J connectivity index is 1.70. The molecule has 0 fully saturated rings. The Bertz CT molecular complexity index is 1100. The number of aryl methyl sites for hydroxylation is 1. The zero-order valence-electron chi connectivity index (χ0n) is 18.5. The number of anilines is 1. The van der Waals surface area contributed by atoms with E-state index in [4.69, 9.17) is 4.74 Å². The van der Waals surface area contributed by atoms with E-state index in [1.54, 1.807) is 7.11 Å². The molecule has 32 heavy (non-hydrogen) atoms. The van der Waals surface area contributed by atoms with E-state index < -0.39 is 0 Å². The standard InChI is InChI=1S/C27H30N2O3/c1-32-26-18-23(28-17-15-21(19-28)20-30)13-14-24(26)27(31)29-16-9-5-3-2-4-6-10-22-11-7-8-12-25(22)29/h3,5,7-8,11-15,17-19,30H,2,4,6,9-10,16,20H2,1H3/b5-3-. The number of para-hydroxylation sites is 1. The summed E-state index contributed by atoms with van der Waals surface area (Å²) in [5.74, 6) is 0.478. The van der Waals surface area contributed by atoms with Crippen LogP contribution in [0.15, 0.2) is 73.1 Å². The number of ether oxygens (including phenoxy) is 1. The van der Waals surface area contributed by atoms with Gasteiger partial charge in [0.05, 0.1) is 19.3 Å². The topological polar surface area (TPSA) is 54.7 Å². The van der Waals surface area contributed by atoms with Crippen LogP contribution in [0.4, 0.5) is 5.69 Å². The van der Waals surface area contributed by atoms with Gasteiger partial charge in [-0.1, -0.05) is 30.4 Å². The van der Waals surface area contributed by atoms with E-state index in [0.29, 0.717) is 17.9 Å². The molecule has 0 radical (unpaired) electrons. The highest BCUT2D eigenvalue weighted by Crippen LogP contribution is 2.29. The summed E-state index contributed by atoms with van der Waals surface area (Å²) in [6.45, 7) is 0.609. The van der Waals surface area contributed by atoms with Gasteiger partial charge < -0.3 is 19.3 Å². The van der Waals surface area contributed by atoms with Crippen molar-refractivity contribution >= 4 is 11.6 Å². The van der Waals surface area contributed by atoms with E-state index in [1.165, 1.54) is 5.56 Å². The van der Waals surface area contributed by atoms with Crippen molar-refractivity contribution < 1.29 is 14.6 Å². The average molecular weight is 431 g/mol. The van der Waals surface area contributed by atoms with Crippen LogP contribution in [0.25, 0.3) is 5.69 Å². The van der Waals surface area contributed by atoms with Crippen molar-refractivity contribution in [2.24, 2.45) is 0 Å². The molecule has 5 heteroatoms. The van der Waals surface area contributed by atoms with Crippen LogP contribution in [0.1, 0.15) is 47.2 Å². The number of carbonyl (C=O) groups is 1. The van der Waals surface area contributed by atoms with Crippen molar-refractivity contribution in [3.05, 3.63) is 89.8 Å². The molecule has 1 aliphatic rings. The number of aliphatic hydroxyl groups excluding tert-OH is 1. The first-order valence-corrected chi connectivity index (χ1v) is 11.2. The van der Waals surface area contributed by atoms with Gasteiger partial charge >= 0.3 is 0 Å². The molecular formula is C27H30N2O3. The SMILES string of the molecule is COc1cc(-n2ccc(CO)c2)ccc1C(=O)N1CC/C=C\CCCCc2ccccc21. The quantitative estimate of drug-likeness (QED) is 0.572. The number of hydrogen-bond acceptors (Lipinski definition) is 3. The lowest BCUT2D eigenvalue weighted by molar-refractivity contribution is 0.0984. The fraction of sp³-hybridized carbons (Fsp3) is 0.296. The van der Waals surface area contributed by atoms with E-state index in [-0.39, 0.29) is 12.5 Å². The number of allylic oxidation sites excluding steroid dienone is 1. The van der Waals surface area contributed by atoms with E-state index in [9.17, 15) is 9.90 Å². The first kappa shape index (κ1) is 21.9. The van der Waals surface area contributed by atoms with Crippen molar-refractivity contribution in [1.29, 1.82) is 0 Å². The molecule has 4 rings (SSSR count). The van der Waals surface area contributed by atoms with E-state index in [2.05, 4.69) is 18.2 Å². The number of nitrogens with zero attached hydrogens (tertiary/aromatic N) is 2. The van der Waals surface area contributed by atoms with Crippen LogP contribution in [0.5, 0.6) is 5.75 Å². The molecule has 1 aromatic heterocycles. The molecule has 0 unspecified atom stereocenters. The summed E-state index contributed by atoms with van der Waals surface area (Å²) in [5.41, 5.74) is 4.44. The summed E-state index contributed by atoms with van der Waals surface area (Å²) in [5, 5.41) is 9.34. The number of aliphatic hydroxyl groups is 1. The molecule has 0 spiro atoms. The number of hydrogen-bond donors (Lipinski definition) is 1. The summed E-state index contributed by atoms with van der Waals surface area (Å²) in [4.78, 5) is 15.7. The largest absolute Gasteiger partial charge is 0.496 e. The number of carbonyl (C=O) groups excluding carboxylic acids is 1. The van der Waals surface area contributed by atoms with Gasteiger partial charge in [0, 0.05) is 36.4 Å². The van der Waals surface area contributed by atoms with Crippen LogP contribution >= 0.6 is 0 Å². The van der Waals surface area contributed by atoms with Crippen LogP contribution in [0, 0.1) is 0 Å². The van der Waals surface area contributed by atoms with Crippen molar-refractivity contribution in [3.8, 4) is 11.4 Å². The molecule has 0 saturated carbocycles. The van der Waals surface area contributed by atoms with Gasteiger partial charge in [-0.3, -0.25) is 4.79 Å². The number of aromatic nitrogens is 1. The zero-order chi connectivity index (χ0) is 22.3. The van der Waals surface area contributed by atoms with Crippen LogP contribution in [-0.2, 0) is 13.0 Å². The maximum Gasteiger partial charge on any atom is 0.262 e. The van der Waals surface area contributed by atoms with E-state index in [1.807, 2.05) is 64.3 Å². The Labute approximate surface area is 189 Å². The van der Waals surface area contributed by atoms with E-state index >= 15 is 0 Å². The highest BCUT2D eigenvalue weighted by molar-refractivity contribution is 6.08. The number of fused-ring (bicyclic) bond motifs is 1. The second kappa shape index (κ2) is 10.3. The summed E-state index contributed by atoms with van der Waals surface area (Å²) in [6, 6.07) is 15.7. The number of rotatable bonds is 4. The minimum atomic E-state index is -0.0583. The molecule has 2 heterocycles. The fourth-order valence-corrected chi connectivity index (χ4v) is 4.19. The monoisotopic (exact) mass is 430 g/mol. The molecule has 0 saturated heterocycles. The van der Waals surface area contributed by atoms with Crippen molar-refractivity contribution in [2.45, 2.75) is 38.7 Å². The molecule has 1 aliphatic heterocycles. The van der Waals surface area contributed by atoms with Gasteiger partial charge in [0.25, 0.3) is 5.91 Å². The van der Waals surface area contributed by atoms with Crippen molar-refractivity contribution in [2.75, 3.05) is 18.6 Å². The predicted molar refractivity (Wildman–Crippen MR) is 128 cm³/mol. The molecule has 2 aromatic carbocycles. The molecule has 166 valence electrons. The third-order valence-corrected chi connectivity index (χ3v) is 5.93. The van der Waals surface area contributed by atoms with Crippen LogP contribution in [0.3, 0.4) is 0 Å². The minimum Gasteiger partial charge on any atom is -0.496 e. The Hall–Kier alpha value is -3.31. The summed E-state index contributed by atoms with van der Waals surface area (Å²) < 4.78 is 7.55. The summed E-state index contributed by atoms with van der Waals surface area (Å²) in [7, 11) is 1.59. The highest BCUT2D eigenvalue weighted by Gasteiger charge is 2.23. The van der Waals surface area contributed by atoms with Gasteiger partial charge in [-0.25, -0.2) is 0 Å². The summed E-state index contributed by atoms with van der Waals surface area (Å²) in [6.07, 6.45) is 13.3. The molecule has 1 amide bonds. The molecule has 3 aromatic rings. The lowest BCUT2D eigenvalue weighted by atomic mass is 10.0. The highest BCUT2D eigenvalue weighted by atomic mass is 16.5. The fourth-order valence-electron chi connectivity index (χ4n) is 4.19. The number of amides is 1. The number of methoxy groups -OCH3 is 1. The van der Waals surface area contributed by atoms with Crippen molar-refractivity contribution in [1.82, 2.24) is 4.57 Å². The lowest BCUT2D eigenvalue weighted by Gasteiger charge is -2.26. The predicted octanol–water partition coefficient (Wildman–Crippen LogP) is 5.30. The van der Waals surface area contributed by atoms with Gasteiger partial charge in [0.1, 0.15) is 5.75 Å². The lowest BCUT2D eigenvalue weighted by Crippen LogP contribution is -2.33. The Morgan fingerprint density at radius 1 is 1.06 bits per heavy atom. The smallest absolute Gasteiger partial charge is 0.262 e. The van der Waals surface area contributed by atoms with Crippen LogP contribution in [-0.4, -0.2) is 29.2 Å². The second-order valence-corrected chi connectivity index (χ2v) is 8.06. The Morgan fingerprint density at radius 3 is 2.72 bits per heavy atom. The minimum absolute atomic E-state index is 0.0104. The molecule has 0 aliphatic carbocycles. The van der Waals surface area contributed by atoms with E-state index in [0.717, 1.165) is 49.0 Å². The average Bonchev–Trinajstić information content (AvgIpc) is 3.30. The number of benzene rings is 2. The van der Waals surface area contributed by atoms with Gasteiger partial charge in [0.15, 0.2) is 0 Å². The molecule has 1 N–H and O–H groups in total. The first-order chi connectivity index (χ1) is 15.7. The Kier molecular flexibility index (Phi) is 7.07. The second-order valence-electron chi connectivity index (χ2n) is 8.06.